The van der Waals surface area contributed by atoms with Gasteiger partial charge < -0.3 is 14.4 Å². The minimum absolute atomic E-state index is 0.0252. The van der Waals surface area contributed by atoms with Gasteiger partial charge in [-0.2, -0.15) is 0 Å². The van der Waals surface area contributed by atoms with Crippen molar-refractivity contribution < 1.29 is 19.2 Å². The first-order chi connectivity index (χ1) is 11.0. The molecule has 7 heteroatoms. The van der Waals surface area contributed by atoms with Crippen LogP contribution < -0.4 is 9.47 Å². The van der Waals surface area contributed by atoms with Gasteiger partial charge in [-0.15, -0.1) is 0 Å². The van der Waals surface area contributed by atoms with Gasteiger partial charge in [-0.25, -0.2) is 0 Å². The zero-order chi connectivity index (χ0) is 17.4. The number of nitrogens with zero attached hydrogens (tertiary/aromatic N) is 2. The second-order valence-electron chi connectivity index (χ2n) is 5.00. The molecule has 0 radical (unpaired) electrons. The van der Waals surface area contributed by atoms with E-state index in [4.69, 9.17) is 9.47 Å². The number of methoxy groups -OCH3 is 1. The lowest BCUT2D eigenvalue weighted by atomic mass is 10.1. The predicted molar refractivity (Wildman–Crippen MR) is 87.3 cm³/mol. The first-order valence-electron chi connectivity index (χ1n) is 7.78. The van der Waals surface area contributed by atoms with Crippen LogP contribution in [0.1, 0.15) is 44.0 Å². The Kier molecular flexibility index (Phi) is 7.31. The topological polar surface area (TPSA) is 81.9 Å². The molecule has 0 fully saturated rings. The molecule has 0 aromatic heterocycles. The molecule has 128 valence electrons. The number of nitro benzene ring substituents is 1. The number of rotatable bonds is 9. The average molecular weight is 324 g/mol. The Morgan fingerprint density at radius 1 is 1.17 bits per heavy atom. The van der Waals surface area contributed by atoms with Crippen LogP contribution in [0, 0.1) is 10.1 Å². The summed E-state index contributed by atoms with van der Waals surface area (Å²) in [5.41, 5.74) is -0.242. The van der Waals surface area contributed by atoms with E-state index >= 15 is 0 Å². The van der Waals surface area contributed by atoms with Gasteiger partial charge in [0.25, 0.3) is 11.6 Å². The molecule has 0 bridgehead atoms. The first-order valence-corrected chi connectivity index (χ1v) is 7.78. The van der Waals surface area contributed by atoms with E-state index in [0.717, 1.165) is 12.8 Å². The fraction of sp³-hybridized carbons (Fsp3) is 0.562. The summed E-state index contributed by atoms with van der Waals surface area (Å²) in [6, 6.07) is 2.65. The molecule has 7 nitrogen and oxygen atoms in total. The van der Waals surface area contributed by atoms with Crippen LogP contribution in [0.4, 0.5) is 5.69 Å². The van der Waals surface area contributed by atoms with Crippen molar-refractivity contribution in [2.75, 3.05) is 26.8 Å². The highest BCUT2D eigenvalue weighted by molar-refractivity contribution is 5.99. The molecular weight excluding hydrogens is 300 g/mol. The number of benzene rings is 1. The zero-order valence-corrected chi connectivity index (χ0v) is 14.1. The van der Waals surface area contributed by atoms with Gasteiger partial charge in [0, 0.05) is 19.2 Å². The lowest BCUT2D eigenvalue weighted by Crippen LogP contribution is -2.33. The average Bonchev–Trinajstić information content (AvgIpc) is 2.53. The van der Waals surface area contributed by atoms with Crippen LogP contribution in [0.5, 0.6) is 11.5 Å². The number of nitro groups is 1. The molecule has 0 aliphatic carbocycles. The molecule has 0 unspecified atom stereocenters. The number of hydrogen-bond acceptors (Lipinski definition) is 5. The largest absolute Gasteiger partial charge is 0.493 e. The van der Waals surface area contributed by atoms with Crippen molar-refractivity contribution in [2.45, 2.75) is 33.6 Å². The van der Waals surface area contributed by atoms with Crippen LogP contribution in [0.3, 0.4) is 0 Å². The summed E-state index contributed by atoms with van der Waals surface area (Å²) in [7, 11) is 1.44. The second kappa shape index (κ2) is 8.97. The maximum atomic E-state index is 12.7. The molecule has 1 rings (SSSR count). The van der Waals surface area contributed by atoms with Crippen molar-refractivity contribution >= 4 is 11.6 Å². The highest BCUT2D eigenvalue weighted by Crippen LogP contribution is 2.35. The molecule has 0 aliphatic rings. The molecular formula is C16H24N2O5. The number of ether oxygens (including phenoxy) is 2. The number of carbonyl (C=O) groups is 1. The van der Waals surface area contributed by atoms with Gasteiger partial charge in [0.15, 0.2) is 11.5 Å². The van der Waals surface area contributed by atoms with E-state index in [1.54, 1.807) is 11.8 Å². The summed E-state index contributed by atoms with van der Waals surface area (Å²) < 4.78 is 10.6. The Labute approximate surface area is 136 Å². The van der Waals surface area contributed by atoms with E-state index in [9.17, 15) is 14.9 Å². The lowest BCUT2D eigenvalue weighted by Gasteiger charge is -2.22. The van der Waals surface area contributed by atoms with E-state index in [1.165, 1.54) is 19.2 Å². The third kappa shape index (κ3) is 4.58. The van der Waals surface area contributed by atoms with Crippen molar-refractivity contribution in [3.63, 3.8) is 0 Å². The first kappa shape index (κ1) is 18.7. The fourth-order valence-electron chi connectivity index (χ4n) is 2.32. The molecule has 1 aromatic rings. The van der Waals surface area contributed by atoms with E-state index in [1.807, 2.05) is 13.8 Å². The van der Waals surface area contributed by atoms with Crippen molar-refractivity contribution in [2.24, 2.45) is 0 Å². The molecule has 0 aliphatic heterocycles. The van der Waals surface area contributed by atoms with E-state index in [-0.39, 0.29) is 22.9 Å². The van der Waals surface area contributed by atoms with Crippen LogP contribution in [-0.4, -0.2) is 42.5 Å². The summed E-state index contributed by atoms with van der Waals surface area (Å²) in [6.45, 7) is 7.15. The predicted octanol–water partition coefficient (Wildman–Crippen LogP) is 3.26. The van der Waals surface area contributed by atoms with Gasteiger partial charge >= 0.3 is 0 Å². The lowest BCUT2D eigenvalue weighted by molar-refractivity contribution is -0.385. The van der Waals surface area contributed by atoms with Crippen LogP contribution in [-0.2, 0) is 0 Å². The highest BCUT2D eigenvalue weighted by Gasteiger charge is 2.27. The maximum Gasteiger partial charge on any atom is 0.286 e. The van der Waals surface area contributed by atoms with Gasteiger partial charge in [-0.05, 0) is 19.8 Å². The summed E-state index contributed by atoms with van der Waals surface area (Å²) in [5, 5.41) is 11.4. The van der Waals surface area contributed by atoms with Gasteiger partial charge in [0.2, 0.25) is 0 Å². The number of amides is 1. The van der Waals surface area contributed by atoms with Gasteiger partial charge in [-0.1, -0.05) is 13.8 Å². The molecule has 0 spiro atoms. The van der Waals surface area contributed by atoms with Crippen molar-refractivity contribution in [3.05, 3.63) is 27.8 Å². The molecule has 0 atom stereocenters. The summed E-state index contributed by atoms with van der Waals surface area (Å²) in [5.74, 6) is 0.214. The van der Waals surface area contributed by atoms with E-state index in [2.05, 4.69) is 0 Å². The molecule has 0 saturated carbocycles. The molecule has 0 N–H and O–H groups in total. The smallest absolute Gasteiger partial charge is 0.286 e. The Balaban J connectivity index is 3.36. The minimum atomic E-state index is -0.564. The number of carbonyl (C=O) groups excluding carboxylic acids is 1. The van der Waals surface area contributed by atoms with Crippen molar-refractivity contribution in [1.29, 1.82) is 0 Å². The third-order valence-electron chi connectivity index (χ3n) is 3.28. The molecule has 0 heterocycles. The molecule has 1 amide bonds. The Morgan fingerprint density at radius 3 is 2.22 bits per heavy atom. The van der Waals surface area contributed by atoms with Crippen molar-refractivity contribution in [3.8, 4) is 11.5 Å². The molecule has 0 saturated heterocycles. The Morgan fingerprint density at radius 2 is 1.78 bits per heavy atom. The number of hydrogen-bond donors (Lipinski definition) is 0. The molecule has 23 heavy (non-hydrogen) atoms. The second-order valence-corrected chi connectivity index (χ2v) is 5.00. The van der Waals surface area contributed by atoms with E-state index in [0.29, 0.717) is 25.4 Å². The van der Waals surface area contributed by atoms with Crippen LogP contribution >= 0.6 is 0 Å². The summed E-state index contributed by atoms with van der Waals surface area (Å²) >= 11 is 0. The normalized spacial score (nSPS) is 10.3. The monoisotopic (exact) mass is 324 g/mol. The third-order valence-corrected chi connectivity index (χ3v) is 3.28. The van der Waals surface area contributed by atoms with Crippen LogP contribution in [0.15, 0.2) is 12.1 Å². The minimum Gasteiger partial charge on any atom is -0.493 e. The van der Waals surface area contributed by atoms with Gasteiger partial charge in [0.05, 0.1) is 24.7 Å². The maximum absolute atomic E-state index is 12.7. The summed E-state index contributed by atoms with van der Waals surface area (Å²) in [4.78, 5) is 25.1. The van der Waals surface area contributed by atoms with Crippen LogP contribution in [0.25, 0.3) is 0 Å². The fourth-order valence-corrected chi connectivity index (χ4v) is 2.32. The molecule has 1 aromatic carbocycles. The van der Waals surface area contributed by atoms with Gasteiger partial charge in [0.1, 0.15) is 5.56 Å². The Hall–Kier alpha value is -2.31. The van der Waals surface area contributed by atoms with Crippen molar-refractivity contribution in [1.82, 2.24) is 4.90 Å². The van der Waals surface area contributed by atoms with E-state index < -0.39 is 4.92 Å². The Bertz CT molecular complexity index is 554. The zero-order valence-electron chi connectivity index (χ0n) is 14.1. The quantitative estimate of drug-likeness (QED) is 0.514. The highest BCUT2D eigenvalue weighted by atomic mass is 16.6. The summed E-state index contributed by atoms with van der Waals surface area (Å²) in [6.07, 6.45) is 1.57. The standard InChI is InChI=1S/C16H24N2O5/c1-5-8-17(9-6-2)16(19)12-10-14(22-4)15(23-7-3)11-13(12)18(20)21/h10-11H,5-9H2,1-4H3. The van der Waals surface area contributed by atoms with Gasteiger partial charge in [-0.3, -0.25) is 14.9 Å². The van der Waals surface area contributed by atoms with Crippen LogP contribution in [0.2, 0.25) is 0 Å². The SMILES string of the molecule is CCCN(CCC)C(=O)c1cc(OC)c(OCC)cc1[N+](=O)[O-].